The lowest BCUT2D eigenvalue weighted by atomic mass is 10.2. The van der Waals surface area contributed by atoms with E-state index in [1.807, 2.05) is 24.3 Å². The number of benzene rings is 1. The number of nitrogens with two attached hydrogens (primary N) is 1. The molecule has 0 amide bonds. The second kappa shape index (κ2) is 3.42. The van der Waals surface area contributed by atoms with Crippen LogP contribution in [0.1, 0.15) is 0 Å². The van der Waals surface area contributed by atoms with Gasteiger partial charge in [-0.05, 0) is 46.9 Å². The van der Waals surface area contributed by atoms with Crippen LogP contribution in [0.15, 0.2) is 28.7 Å². The van der Waals surface area contributed by atoms with Crippen molar-refractivity contribution in [3.63, 3.8) is 0 Å². The molecule has 66 valence electrons. The van der Waals surface area contributed by atoms with Gasteiger partial charge in [0.2, 0.25) is 0 Å². The molecule has 2 rings (SSSR count). The van der Waals surface area contributed by atoms with Gasteiger partial charge in [-0.3, -0.25) is 0 Å². The first-order valence-electron chi connectivity index (χ1n) is 3.69. The lowest BCUT2D eigenvalue weighted by Gasteiger charge is -2.02. The van der Waals surface area contributed by atoms with E-state index in [-0.39, 0.29) is 0 Å². The van der Waals surface area contributed by atoms with Gasteiger partial charge in [0.1, 0.15) is 5.82 Å². The van der Waals surface area contributed by atoms with E-state index in [4.69, 9.17) is 5.73 Å². The fraction of sp³-hybridized carbons (Fsp3) is 0. The third-order valence-electron chi connectivity index (χ3n) is 1.78. The van der Waals surface area contributed by atoms with Gasteiger partial charge in [-0.2, -0.15) is 0 Å². The molecular weight excluding hydrogens is 343 g/mol. The standard InChI is InChI=1S/C9H6BrIN2/c10-6-2-3-7(11)9-5(6)1-4-8(12)13-9/h1-4H,(H2,12,13). The number of nitrogens with zero attached hydrogens (tertiary/aromatic N) is 1. The molecule has 1 heterocycles. The molecule has 4 heteroatoms. The largest absolute Gasteiger partial charge is 0.384 e. The molecular formula is C9H6BrIN2. The summed E-state index contributed by atoms with van der Waals surface area (Å²) in [6.45, 7) is 0. The monoisotopic (exact) mass is 348 g/mol. The summed E-state index contributed by atoms with van der Waals surface area (Å²) in [4.78, 5) is 4.28. The Balaban J connectivity index is 2.92. The Morgan fingerprint density at radius 2 is 2.00 bits per heavy atom. The third kappa shape index (κ3) is 1.65. The summed E-state index contributed by atoms with van der Waals surface area (Å²) in [6, 6.07) is 7.81. The number of pyridine rings is 1. The van der Waals surface area contributed by atoms with Crippen molar-refractivity contribution in [3.8, 4) is 0 Å². The number of fused-ring (bicyclic) bond motifs is 1. The molecule has 0 unspecified atom stereocenters. The van der Waals surface area contributed by atoms with Crippen LogP contribution in [0.25, 0.3) is 10.9 Å². The highest BCUT2D eigenvalue weighted by Crippen LogP contribution is 2.27. The second-order valence-electron chi connectivity index (χ2n) is 2.66. The molecule has 2 aromatic rings. The van der Waals surface area contributed by atoms with Gasteiger partial charge in [0, 0.05) is 13.4 Å². The molecule has 1 aromatic carbocycles. The quantitative estimate of drug-likeness (QED) is 0.742. The maximum Gasteiger partial charge on any atom is 0.124 e. The first kappa shape index (κ1) is 9.21. The van der Waals surface area contributed by atoms with Crippen molar-refractivity contribution in [2.24, 2.45) is 0 Å². The summed E-state index contributed by atoms with van der Waals surface area (Å²) in [7, 11) is 0. The Bertz CT molecular complexity index is 470. The normalized spacial score (nSPS) is 10.6. The Labute approximate surface area is 97.8 Å². The molecule has 1 aromatic heterocycles. The predicted octanol–water partition coefficient (Wildman–Crippen LogP) is 3.18. The van der Waals surface area contributed by atoms with Crippen LogP contribution in [0.2, 0.25) is 0 Å². The Morgan fingerprint density at radius 3 is 2.77 bits per heavy atom. The van der Waals surface area contributed by atoms with Gasteiger partial charge in [0.05, 0.1) is 5.52 Å². The van der Waals surface area contributed by atoms with E-state index in [1.165, 1.54) is 0 Å². The summed E-state index contributed by atoms with van der Waals surface area (Å²) >= 11 is 5.72. The van der Waals surface area contributed by atoms with E-state index in [0.29, 0.717) is 5.82 Å². The molecule has 13 heavy (non-hydrogen) atoms. The second-order valence-corrected chi connectivity index (χ2v) is 4.68. The van der Waals surface area contributed by atoms with Gasteiger partial charge in [0.15, 0.2) is 0 Å². The van der Waals surface area contributed by atoms with Crippen molar-refractivity contribution in [1.82, 2.24) is 4.98 Å². The van der Waals surface area contributed by atoms with Crippen LogP contribution in [0.4, 0.5) is 5.82 Å². The average Bonchev–Trinajstić information content (AvgIpc) is 2.12. The zero-order valence-corrected chi connectivity index (χ0v) is 10.3. The molecule has 0 aliphatic heterocycles. The minimum atomic E-state index is 0.559. The van der Waals surface area contributed by atoms with Crippen LogP contribution in [0.3, 0.4) is 0 Å². The molecule has 2 N–H and O–H groups in total. The molecule has 0 atom stereocenters. The molecule has 0 fully saturated rings. The molecule has 0 saturated carbocycles. The highest BCUT2D eigenvalue weighted by atomic mass is 127. The van der Waals surface area contributed by atoms with Crippen LogP contribution in [-0.4, -0.2) is 4.98 Å². The van der Waals surface area contributed by atoms with Crippen molar-refractivity contribution in [3.05, 3.63) is 32.3 Å². The summed E-state index contributed by atoms with van der Waals surface area (Å²) in [5.74, 6) is 0.559. The lowest BCUT2D eigenvalue weighted by Crippen LogP contribution is -1.91. The van der Waals surface area contributed by atoms with Crippen molar-refractivity contribution in [1.29, 1.82) is 0 Å². The van der Waals surface area contributed by atoms with Crippen molar-refractivity contribution in [2.75, 3.05) is 5.73 Å². The number of anilines is 1. The number of aromatic nitrogens is 1. The smallest absolute Gasteiger partial charge is 0.124 e. The fourth-order valence-electron chi connectivity index (χ4n) is 1.16. The number of hydrogen-bond donors (Lipinski definition) is 1. The predicted molar refractivity (Wildman–Crippen MR) is 66.6 cm³/mol. The van der Waals surface area contributed by atoms with Gasteiger partial charge < -0.3 is 5.73 Å². The van der Waals surface area contributed by atoms with Gasteiger partial charge in [-0.25, -0.2) is 4.98 Å². The molecule has 0 saturated heterocycles. The molecule has 0 aliphatic rings. The zero-order valence-electron chi connectivity index (χ0n) is 6.59. The van der Waals surface area contributed by atoms with Gasteiger partial charge in [0.25, 0.3) is 0 Å². The SMILES string of the molecule is Nc1ccc2c(Br)ccc(I)c2n1. The van der Waals surface area contributed by atoms with Crippen LogP contribution in [-0.2, 0) is 0 Å². The van der Waals surface area contributed by atoms with E-state index >= 15 is 0 Å². The van der Waals surface area contributed by atoms with Gasteiger partial charge >= 0.3 is 0 Å². The van der Waals surface area contributed by atoms with E-state index in [9.17, 15) is 0 Å². The minimum absolute atomic E-state index is 0.559. The van der Waals surface area contributed by atoms with Crippen molar-refractivity contribution < 1.29 is 0 Å². The van der Waals surface area contributed by atoms with Crippen LogP contribution in [0.5, 0.6) is 0 Å². The molecule has 0 radical (unpaired) electrons. The Morgan fingerprint density at radius 1 is 1.23 bits per heavy atom. The summed E-state index contributed by atoms with van der Waals surface area (Å²) in [5.41, 5.74) is 6.57. The molecule has 2 nitrogen and oxygen atoms in total. The Hall–Kier alpha value is -0.360. The van der Waals surface area contributed by atoms with Gasteiger partial charge in [-0.1, -0.05) is 15.9 Å². The number of halogens is 2. The third-order valence-corrected chi connectivity index (χ3v) is 3.34. The van der Waals surface area contributed by atoms with Gasteiger partial charge in [-0.15, -0.1) is 0 Å². The van der Waals surface area contributed by atoms with Crippen LogP contribution >= 0.6 is 38.5 Å². The molecule has 0 bridgehead atoms. The molecule has 0 spiro atoms. The zero-order chi connectivity index (χ0) is 9.42. The highest BCUT2D eigenvalue weighted by Gasteiger charge is 2.03. The minimum Gasteiger partial charge on any atom is -0.384 e. The van der Waals surface area contributed by atoms with E-state index in [2.05, 4.69) is 43.5 Å². The first-order chi connectivity index (χ1) is 6.18. The van der Waals surface area contributed by atoms with Crippen LogP contribution < -0.4 is 5.73 Å². The van der Waals surface area contributed by atoms with Crippen molar-refractivity contribution >= 4 is 55.2 Å². The summed E-state index contributed by atoms with van der Waals surface area (Å²) < 4.78 is 2.17. The van der Waals surface area contributed by atoms with E-state index < -0.39 is 0 Å². The topological polar surface area (TPSA) is 38.9 Å². The van der Waals surface area contributed by atoms with E-state index in [0.717, 1.165) is 18.9 Å². The maximum absolute atomic E-state index is 5.61. The first-order valence-corrected chi connectivity index (χ1v) is 5.56. The fourth-order valence-corrected chi connectivity index (χ4v) is 2.21. The highest BCUT2D eigenvalue weighted by molar-refractivity contribution is 14.1. The van der Waals surface area contributed by atoms with Crippen LogP contribution in [0, 0.1) is 3.57 Å². The number of nitrogen functional groups attached to an aromatic ring is 1. The molecule has 0 aliphatic carbocycles. The maximum atomic E-state index is 5.61. The number of hydrogen-bond acceptors (Lipinski definition) is 2. The van der Waals surface area contributed by atoms with E-state index in [1.54, 1.807) is 0 Å². The average molecular weight is 349 g/mol. The number of rotatable bonds is 0. The summed E-state index contributed by atoms with van der Waals surface area (Å²) in [5, 5.41) is 1.10. The van der Waals surface area contributed by atoms with Crippen molar-refractivity contribution in [2.45, 2.75) is 0 Å². The lowest BCUT2D eigenvalue weighted by molar-refractivity contribution is 1.40. The Kier molecular flexibility index (Phi) is 2.42. The summed E-state index contributed by atoms with van der Waals surface area (Å²) in [6.07, 6.45) is 0.